The van der Waals surface area contributed by atoms with Crippen LogP contribution in [0.4, 0.5) is 9.52 Å². The topological polar surface area (TPSA) is 80.3 Å². The number of anilines is 1. The van der Waals surface area contributed by atoms with Crippen molar-refractivity contribution in [2.75, 3.05) is 11.9 Å². The van der Waals surface area contributed by atoms with E-state index in [1.807, 2.05) is 24.3 Å². The van der Waals surface area contributed by atoms with Crippen molar-refractivity contribution >= 4 is 28.3 Å². The fourth-order valence-corrected chi connectivity index (χ4v) is 3.86. The lowest BCUT2D eigenvalue weighted by Crippen LogP contribution is -2.33. The maximum Gasteiger partial charge on any atom is 0.260 e. The molecule has 2 aromatic carbocycles. The molecular formula is C21H18FN3O3S. The lowest BCUT2D eigenvalue weighted by Gasteiger charge is -2.26. The SMILES string of the molecule is O=C(Cc1csc(NC(=O)c2ccccc2F)n1)NC1CCOc2ccccc21. The summed E-state index contributed by atoms with van der Waals surface area (Å²) in [4.78, 5) is 28.9. The maximum atomic E-state index is 13.7. The summed E-state index contributed by atoms with van der Waals surface area (Å²) in [7, 11) is 0. The zero-order valence-corrected chi connectivity index (χ0v) is 16.2. The van der Waals surface area contributed by atoms with E-state index in [0.717, 1.165) is 11.3 Å². The quantitative estimate of drug-likeness (QED) is 0.671. The van der Waals surface area contributed by atoms with Crippen LogP contribution in [0.1, 0.15) is 34.1 Å². The van der Waals surface area contributed by atoms with Gasteiger partial charge in [0.05, 0.1) is 30.3 Å². The van der Waals surface area contributed by atoms with Crippen LogP contribution in [-0.4, -0.2) is 23.4 Å². The summed E-state index contributed by atoms with van der Waals surface area (Å²) >= 11 is 1.19. The van der Waals surface area contributed by atoms with Crippen molar-refractivity contribution < 1.29 is 18.7 Å². The monoisotopic (exact) mass is 411 g/mol. The van der Waals surface area contributed by atoms with Gasteiger partial charge in [-0.05, 0) is 18.2 Å². The van der Waals surface area contributed by atoms with Crippen molar-refractivity contribution in [3.05, 3.63) is 76.5 Å². The van der Waals surface area contributed by atoms with Crippen LogP contribution in [0.25, 0.3) is 0 Å². The number of hydrogen-bond acceptors (Lipinski definition) is 5. The predicted octanol–water partition coefficient (Wildman–Crippen LogP) is 3.72. The number of halogens is 1. The van der Waals surface area contributed by atoms with Gasteiger partial charge in [-0.3, -0.25) is 14.9 Å². The third-order valence-electron chi connectivity index (χ3n) is 4.53. The first kappa shape index (κ1) is 19.1. The van der Waals surface area contributed by atoms with E-state index in [1.54, 1.807) is 11.4 Å². The van der Waals surface area contributed by atoms with Gasteiger partial charge in [0.15, 0.2) is 5.13 Å². The lowest BCUT2D eigenvalue weighted by atomic mass is 10.0. The molecule has 4 rings (SSSR count). The number of nitrogens with zero attached hydrogens (tertiary/aromatic N) is 1. The van der Waals surface area contributed by atoms with Crippen molar-refractivity contribution in [2.24, 2.45) is 0 Å². The first-order valence-electron chi connectivity index (χ1n) is 9.11. The Balaban J connectivity index is 1.36. The Labute approximate surface area is 170 Å². The Bertz CT molecular complexity index is 1050. The molecule has 2 N–H and O–H groups in total. The molecule has 0 bridgehead atoms. The van der Waals surface area contributed by atoms with E-state index in [-0.39, 0.29) is 23.9 Å². The van der Waals surface area contributed by atoms with Gasteiger partial charge in [-0.25, -0.2) is 9.37 Å². The van der Waals surface area contributed by atoms with Crippen LogP contribution in [-0.2, 0) is 11.2 Å². The van der Waals surface area contributed by atoms with E-state index < -0.39 is 11.7 Å². The molecule has 0 radical (unpaired) electrons. The Morgan fingerprint density at radius 2 is 1.97 bits per heavy atom. The number of carbonyl (C=O) groups is 2. The van der Waals surface area contributed by atoms with Crippen LogP contribution >= 0.6 is 11.3 Å². The van der Waals surface area contributed by atoms with Gasteiger partial charge in [-0.2, -0.15) is 0 Å². The van der Waals surface area contributed by atoms with Crippen LogP contribution in [0, 0.1) is 5.82 Å². The molecular weight excluding hydrogens is 393 g/mol. The highest BCUT2D eigenvalue weighted by Crippen LogP contribution is 2.31. The van der Waals surface area contributed by atoms with Gasteiger partial charge >= 0.3 is 0 Å². The van der Waals surface area contributed by atoms with Crippen molar-refractivity contribution in [1.82, 2.24) is 10.3 Å². The molecule has 0 aliphatic carbocycles. The van der Waals surface area contributed by atoms with E-state index in [0.29, 0.717) is 23.9 Å². The number of fused-ring (bicyclic) bond motifs is 1. The number of aromatic nitrogens is 1. The van der Waals surface area contributed by atoms with Crippen LogP contribution in [0.5, 0.6) is 5.75 Å². The molecule has 0 fully saturated rings. The molecule has 2 heterocycles. The number of ether oxygens (including phenoxy) is 1. The van der Waals surface area contributed by atoms with Crippen LogP contribution in [0.15, 0.2) is 53.9 Å². The predicted molar refractivity (Wildman–Crippen MR) is 108 cm³/mol. The molecule has 148 valence electrons. The number of amides is 2. The van der Waals surface area contributed by atoms with Gasteiger partial charge in [0.2, 0.25) is 5.91 Å². The van der Waals surface area contributed by atoms with Gasteiger partial charge in [-0.1, -0.05) is 30.3 Å². The summed E-state index contributed by atoms with van der Waals surface area (Å²) in [6.07, 6.45) is 0.787. The standard InChI is InChI=1S/C21H18FN3O3S/c22-16-7-3-1-5-14(16)20(27)25-21-23-13(12-29-21)11-19(26)24-17-9-10-28-18-8-4-2-6-15(17)18/h1-8,12,17H,9-11H2,(H,24,26)(H,23,25,27). The molecule has 29 heavy (non-hydrogen) atoms. The molecule has 0 spiro atoms. The minimum atomic E-state index is -0.599. The van der Waals surface area contributed by atoms with E-state index >= 15 is 0 Å². The molecule has 1 atom stereocenters. The Hall–Kier alpha value is -3.26. The van der Waals surface area contributed by atoms with Crippen molar-refractivity contribution in [1.29, 1.82) is 0 Å². The summed E-state index contributed by atoms with van der Waals surface area (Å²) in [5.74, 6) is -0.551. The smallest absolute Gasteiger partial charge is 0.260 e. The summed E-state index contributed by atoms with van der Waals surface area (Å²) in [5.41, 5.74) is 1.44. The molecule has 8 heteroatoms. The van der Waals surface area contributed by atoms with Crippen molar-refractivity contribution in [2.45, 2.75) is 18.9 Å². The van der Waals surface area contributed by atoms with Gasteiger partial charge in [-0.15, -0.1) is 11.3 Å². The average Bonchev–Trinajstić information content (AvgIpc) is 3.15. The second-order valence-corrected chi connectivity index (χ2v) is 7.41. The van der Waals surface area contributed by atoms with Crippen molar-refractivity contribution in [3.63, 3.8) is 0 Å². The fourth-order valence-electron chi connectivity index (χ4n) is 3.16. The summed E-state index contributed by atoms with van der Waals surface area (Å²) < 4.78 is 19.3. The van der Waals surface area contributed by atoms with Crippen molar-refractivity contribution in [3.8, 4) is 5.75 Å². The fraction of sp³-hybridized carbons (Fsp3) is 0.190. The third-order valence-corrected chi connectivity index (χ3v) is 5.33. The molecule has 2 amide bonds. The third kappa shape index (κ3) is 4.43. The molecule has 6 nitrogen and oxygen atoms in total. The molecule has 3 aromatic rings. The number of benzene rings is 2. The zero-order valence-electron chi connectivity index (χ0n) is 15.4. The Kier molecular flexibility index (Phi) is 5.53. The van der Waals surface area contributed by atoms with E-state index in [9.17, 15) is 14.0 Å². The molecule has 1 unspecified atom stereocenters. The minimum absolute atomic E-state index is 0.0554. The number of hydrogen-bond donors (Lipinski definition) is 2. The number of nitrogens with one attached hydrogen (secondary N) is 2. The van der Waals surface area contributed by atoms with Gasteiger partial charge in [0.1, 0.15) is 11.6 Å². The summed E-state index contributed by atoms with van der Waals surface area (Å²) in [6, 6.07) is 13.3. The van der Waals surface area contributed by atoms with Gasteiger partial charge < -0.3 is 10.1 Å². The number of carbonyl (C=O) groups excluding carboxylic acids is 2. The van der Waals surface area contributed by atoms with Crippen LogP contribution in [0.2, 0.25) is 0 Å². The molecule has 1 aliphatic heterocycles. The summed E-state index contributed by atoms with van der Waals surface area (Å²) in [5, 5.41) is 7.60. The highest BCUT2D eigenvalue weighted by atomic mass is 32.1. The summed E-state index contributed by atoms with van der Waals surface area (Å²) in [6.45, 7) is 0.547. The average molecular weight is 411 g/mol. The number of para-hydroxylation sites is 1. The maximum absolute atomic E-state index is 13.7. The molecule has 1 aliphatic rings. The molecule has 0 saturated carbocycles. The zero-order chi connectivity index (χ0) is 20.2. The van der Waals surface area contributed by atoms with Gasteiger partial charge in [0, 0.05) is 17.4 Å². The first-order chi connectivity index (χ1) is 14.1. The molecule has 0 saturated heterocycles. The highest BCUT2D eigenvalue weighted by Gasteiger charge is 2.23. The highest BCUT2D eigenvalue weighted by molar-refractivity contribution is 7.14. The van der Waals surface area contributed by atoms with Gasteiger partial charge in [0.25, 0.3) is 5.91 Å². The second kappa shape index (κ2) is 8.40. The minimum Gasteiger partial charge on any atom is -0.493 e. The largest absolute Gasteiger partial charge is 0.493 e. The normalized spacial score (nSPS) is 15.1. The number of thiazole rings is 1. The second-order valence-electron chi connectivity index (χ2n) is 6.55. The van der Waals surface area contributed by atoms with Crippen LogP contribution < -0.4 is 15.4 Å². The van der Waals surface area contributed by atoms with E-state index in [4.69, 9.17) is 4.74 Å². The first-order valence-corrected chi connectivity index (χ1v) is 9.99. The lowest BCUT2D eigenvalue weighted by molar-refractivity contribution is -0.121. The van der Waals surface area contributed by atoms with E-state index in [1.165, 1.54) is 29.5 Å². The Morgan fingerprint density at radius 3 is 2.83 bits per heavy atom. The van der Waals surface area contributed by atoms with Crippen LogP contribution in [0.3, 0.4) is 0 Å². The Morgan fingerprint density at radius 1 is 1.17 bits per heavy atom. The number of rotatable bonds is 5. The molecule has 1 aromatic heterocycles. The van der Waals surface area contributed by atoms with E-state index in [2.05, 4.69) is 15.6 Å².